The third kappa shape index (κ3) is 6.92. The maximum absolute atomic E-state index is 12.1. The van der Waals surface area contributed by atoms with Crippen molar-refractivity contribution in [3.63, 3.8) is 0 Å². The van der Waals surface area contributed by atoms with Gasteiger partial charge < -0.3 is 29.7 Å². The Hall–Kier alpha value is -1.91. The zero-order valence-corrected chi connectivity index (χ0v) is 19.6. The van der Waals surface area contributed by atoms with E-state index in [1.54, 1.807) is 19.1 Å². The lowest BCUT2D eigenvalue weighted by molar-refractivity contribution is 0.0186. The van der Waals surface area contributed by atoms with Crippen LogP contribution in [-0.2, 0) is 11.3 Å². The summed E-state index contributed by atoms with van der Waals surface area (Å²) in [7, 11) is 3.20. The molecule has 0 bridgehead atoms. The van der Waals surface area contributed by atoms with E-state index in [2.05, 4.69) is 4.99 Å². The standard InChI is InChI=1S/C19H30N4O4.HI/c1-19(2,3)27-18(24)23-10-8-22(9-11-23)17(20)21-13-14-6-7-15(25-4)16(12-14)26-5;/h6-7,12H,8-11,13H2,1-5H3,(H2,20,21);1H. The first-order valence-corrected chi connectivity index (χ1v) is 8.97. The number of piperazine rings is 1. The fourth-order valence-electron chi connectivity index (χ4n) is 2.70. The molecule has 1 aromatic carbocycles. The summed E-state index contributed by atoms with van der Waals surface area (Å²) in [6.07, 6.45) is -0.289. The lowest BCUT2D eigenvalue weighted by atomic mass is 10.2. The van der Waals surface area contributed by atoms with Gasteiger partial charge in [-0.2, -0.15) is 0 Å². The van der Waals surface area contributed by atoms with Crippen molar-refractivity contribution in [3.8, 4) is 11.5 Å². The Bertz CT molecular complexity index is 683. The topological polar surface area (TPSA) is 89.6 Å². The monoisotopic (exact) mass is 506 g/mol. The van der Waals surface area contributed by atoms with E-state index < -0.39 is 5.60 Å². The Morgan fingerprint density at radius 2 is 1.64 bits per heavy atom. The second kappa shape index (κ2) is 10.6. The molecule has 0 unspecified atom stereocenters. The Balaban J connectivity index is 0.00000392. The van der Waals surface area contributed by atoms with Gasteiger partial charge in [0, 0.05) is 26.2 Å². The molecule has 1 amide bonds. The number of benzene rings is 1. The number of methoxy groups -OCH3 is 2. The number of amides is 1. The quantitative estimate of drug-likeness (QED) is 0.384. The van der Waals surface area contributed by atoms with E-state index in [0.717, 1.165) is 5.56 Å². The predicted octanol–water partition coefficient (Wildman–Crippen LogP) is 2.69. The van der Waals surface area contributed by atoms with Crippen molar-refractivity contribution in [1.29, 1.82) is 0 Å². The molecule has 1 aromatic rings. The number of ether oxygens (including phenoxy) is 3. The van der Waals surface area contributed by atoms with Gasteiger partial charge in [0.05, 0.1) is 20.8 Å². The van der Waals surface area contributed by atoms with Crippen LogP contribution in [0.15, 0.2) is 23.2 Å². The number of guanidine groups is 1. The molecular formula is C19H31IN4O4. The van der Waals surface area contributed by atoms with E-state index in [1.807, 2.05) is 43.9 Å². The Morgan fingerprint density at radius 1 is 1.07 bits per heavy atom. The lowest BCUT2D eigenvalue weighted by Crippen LogP contribution is -2.53. The average Bonchev–Trinajstić information content (AvgIpc) is 2.64. The summed E-state index contributed by atoms with van der Waals surface area (Å²) in [5, 5.41) is 0. The molecule has 1 fully saturated rings. The van der Waals surface area contributed by atoms with E-state index >= 15 is 0 Å². The molecule has 1 heterocycles. The van der Waals surface area contributed by atoms with Gasteiger partial charge in [-0.3, -0.25) is 0 Å². The molecule has 0 aliphatic carbocycles. The molecule has 158 valence electrons. The normalized spacial score (nSPS) is 15.0. The second-order valence-electron chi connectivity index (χ2n) is 7.32. The second-order valence-corrected chi connectivity index (χ2v) is 7.32. The smallest absolute Gasteiger partial charge is 0.410 e. The van der Waals surface area contributed by atoms with Gasteiger partial charge >= 0.3 is 6.09 Å². The molecule has 2 rings (SSSR count). The molecule has 28 heavy (non-hydrogen) atoms. The van der Waals surface area contributed by atoms with E-state index in [4.69, 9.17) is 19.9 Å². The van der Waals surface area contributed by atoms with Gasteiger partial charge in [0.15, 0.2) is 17.5 Å². The van der Waals surface area contributed by atoms with Crippen molar-refractivity contribution in [2.24, 2.45) is 10.7 Å². The van der Waals surface area contributed by atoms with Crippen LogP contribution in [0.3, 0.4) is 0 Å². The van der Waals surface area contributed by atoms with Crippen molar-refractivity contribution in [2.45, 2.75) is 32.9 Å². The van der Waals surface area contributed by atoms with E-state index in [0.29, 0.717) is 50.2 Å². The zero-order chi connectivity index (χ0) is 20.0. The SMILES string of the molecule is COc1ccc(CN=C(N)N2CCN(C(=O)OC(C)(C)C)CC2)cc1OC.I. The van der Waals surface area contributed by atoms with E-state index in [1.165, 1.54) is 0 Å². The first-order chi connectivity index (χ1) is 12.7. The summed E-state index contributed by atoms with van der Waals surface area (Å²) in [5.74, 6) is 1.81. The highest BCUT2D eigenvalue weighted by Gasteiger charge is 2.26. The van der Waals surface area contributed by atoms with Crippen LogP contribution in [0.2, 0.25) is 0 Å². The summed E-state index contributed by atoms with van der Waals surface area (Å²) >= 11 is 0. The molecule has 0 radical (unpaired) electrons. The minimum absolute atomic E-state index is 0. The summed E-state index contributed by atoms with van der Waals surface area (Å²) in [6.45, 7) is 8.39. The third-order valence-corrected chi connectivity index (χ3v) is 4.13. The van der Waals surface area contributed by atoms with Gasteiger partial charge in [0.2, 0.25) is 0 Å². The first kappa shape index (κ1) is 24.1. The number of nitrogens with two attached hydrogens (primary N) is 1. The van der Waals surface area contributed by atoms with Gasteiger partial charge in [-0.1, -0.05) is 6.07 Å². The first-order valence-electron chi connectivity index (χ1n) is 8.97. The largest absolute Gasteiger partial charge is 0.493 e. The van der Waals surface area contributed by atoms with Crippen LogP contribution >= 0.6 is 24.0 Å². The van der Waals surface area contributed by atoms with Crippen LogP contribution < -0.4 is 15.2 Å². The summed E-state index contributed by atoms with van der Waals surface area (Å²) < 4.78 is 15.9. The Labute approximate surface area is 184 Å². The summed E-state index contributed by atoms with van der Waals surface area (Å²) in [4.78, 5) is 20.3. The lowest BCUT2D eigenvalue weighted by Gasteiger charge is -2.36. The van der Waals surface area contributed by atoms with Crippen molar-refractivity contribution in [2.75, 3.05) is 40.4 Å². The van der Waals surface area contributed by atoms with Crippen molar-refractivity contribution < 1.29 is 19.0 Å². The number of hydrogen-bond donors (Lipinski definition) is 1. The van der Waals surface area contributed by atoms with Gasteiger partial charge in [-0.25, -0.2) is 9.79 Å². The molecule has 1 aliphatic heterocycles. The number of aliphatic imine (C=N–C) groups is 1. The fraction of sp³-hybridized carbons (Fsp3) is 0.579. The van der Waals surface area contributed by atoms with Gasteiger partial charge in [-0.15, -0.1) is 24.0 Å². The molecule has 1 saturated heterocycles. The number of rotatable bonds is 4. The number of carbonyl (C=O) groups excluding carboxylic acids is 1. The fourth-order valence-corrected chi connectivity index (χ4v) is 2.70. The van der Waals surface area contributed by atoms with Crippen molar-refractivity contribution >= 4 is 36.0 Å². The highest BCUT2D eigenvalue weighted by Crippen LogP contribution is 2.27. The van der Waals surface area contributed by atoms with Crippen molar-refractivity contribution in [3.05, 3.63) is 23.8 Å². The maximum atomic E-state index is 12.1. The molecular weight excluding hydrogens is 475 g/mol. The van der Waals surface area contributed by atoms with Crippen LogP contribution in [0.1, 0.15) is 26.3 Å². The van der Waals surface area contributed by atoms with Crippen LogP contribution in [0.4, 0.5) is 4.79 Å². The average molecular weight is 506 g/mol. The highest BCUT2D eigenvalue weighted by molar-refractivity contribution is 14.0. The molecule has 0 spiro atoms. The Kier molecular flexibility index (Phi) is 9.12. The molecule has 8 nitrogen and oxygen atoms in total. The predicted molar refractivity (Wildman–Crippen MR) is 120 cm³/mol. The maximum Gasteiger partial charge on any atom is 0.410 e. The van der Waals surface area contributed by atoms with E-state index in [-0.39, 0.29) is 30.1 Å². The number of carbonyl (C=O) groups is 1. The number of hydrogen-bond acceptors (Lipinski definition) is 5. The molecule has 0 saturated carbocycles. The highest BCUT2D eigenvalue weighted by atomic mass is 127. The minimum Gasteiger partial charge on any atom is -0.493 e. The third-order valence-electron chi connectivity index (χ3n) is 4.13. The summed E-state index contributed by atoms with van der Waals surface area (Å²) in [6, 6.07) is 5.66. The van der Waals surface area contributed by atoms with Crippen LogP contribution in [0, 0.1) is 0 Å². The number of nitrogens with zero attached hydrogens (tertiary/aromatic N) is 3. The van der Waals surface area contributed by atoms with Crippen LogP contribution in [0.5, 0.6) is 11.5 Å². The minimum atomic E-state index is -0.492. The van der Waals surface area contributed by atoms with Crippen LogP contribution in [0.25, 0.3) is 0 Å². The number of halogens is 1. The van der Waals surface area contributed by atoms with Gasteiger partial charge in [0.1, 0.15) is 5.60 Å². The molecule has 1 aliphatic rings. The Morgan fingerprint density at radius 3 is 2.18 bits per heavy atom. The van der Waals surface area contributed by atoms with Gasteiger partial charge in [0.25, 0.3) is 0 Å². The molecule has 9 heteroatoms. The van der Waals surface area contributed by atoms with E-state index in [9.17, 15) is 4.79 Å². The van der Waals surface area contributed by atoms with Gasteiger partial charge in [-0.05, 0) is 38.5 Å². The summed E-state index contributed by atoms with van der Waals surface area (Å²) in [5.41, 5.74) is 6.61. The van der Waals surface area contributed by atoms with Crippen molar-refractivity contribution in [1.82, 2.24) is 9.80 Å². The zero-order valence-electron chi connectivity index (χ0n) is 17.2. The van der Waals surface area contributed by atoms with Crippen LogP contribution in [-0.4, -0.2) is 67.9 Å². The molecule has 0 atom stereocenters. The molecule has 2 N–H and O–H groups in total. The molecule has 0 aromatic heterocycles.